The van der Waals surface area contributed by atoms with Gasteiger partial charge in [-0.2, -0.15) is 0 Å². The van der Waals surface area contributed by atoms with E-state index in [2.05, 4.69) is 12.2 Å². The van der Waals surface area contributed by atoms with Crippen LogP contribution in [-0.2, 0) is 9.53 Å². The molecule has 0 saturated heterocycles. The summed E-state index contributed by atoms with van der Waals surface area (Å²) in [4.78, 5) is 11.2. The molecule has 96 valence electrons. The van der Waals surface area contributed by atoms with Gasteiger partial charge in [-0.25, -0.2) is 0 Å². The van der Waals surface area contributed by atoms with Crippen molar-refractivity contribution in [2.24, 2.45) is 0 Å². The van der Waals surface area contributed by atoms with E-state index in [-0.39, 0.29) is 5.97 Å². The molecule has 3 nitrogen and oxygen atoms in total. The molecule has 0 rings (SSSR count). The summed E-state index contributed by atoms with van der Waals surface area (Å²) in [6, 6.07) is 0. The average Bonchev–Trinajstić information content (AvgIpc) is 2.28. The molecule has 0 aromatic rings. The van der Waals surface area contributed by atoms with Gasteiger partial charge in [-0.05, 0) is 13.5 Å². The van der Waals surface area contributed by atoms with E-state index in [4.69, 9.17) is 4.74 Å². The van der Waals surface area contributed by atoms with E-state index in [1.807, 2.05) is 7.05 Å². The monoisotopic (exact) mass is 229 g/mol. The molecule has 0 radical (unpaired) electrons. The predicted octanol–water partition coefficient (Wildman–Crippen LogP) is 2.89. The molecule has 0 heterocycles. The maximum atomic E-state index is 11.2. The fourth-order valence-corrected chi connectivity index (χ4v) is 1.57. The number of hydrogen-bond donors (Lipinski definition) is 1. The van der Waals surface area contributed by atoms with Crippen molar-refractivity contribution in [2.75, 3.05) is 20.2 Å². The molecular formula is C13H27NO2. The van der Waals surface area contributed by atoms with Crippen molar-refractivity contribution in [3.05, 3.63) is 0 Å². The van der Waals surface area contributed by atoms with Gasteiger partial charge in [0.15, 0.2) is 0 Å². The van der Waals surface area contributed by atoms with Crippen molar-refractivity contribution < 1.29 is 9.53 Å². The van der Waals surface area contributed by atoms with Gasteiger partial charge in [0.05, 0.1) is 0 Å². The minimum atomic E-state index is -0.0520. The summed E-state index contributed by atoms with van der Waals surface area (Å²) in [5, 5.41) is 2.94. The summed E-state index contributed by atoms with van der Waals surface area (Å²) in [5.41, 5.74) is 0. The van der Waals surface area contributed by atoms with Crippen LogP contribution in [0.2, 0.25) is 0 Å². The van der Waals surface area contributed by atoms with Crippen LogP contribution in [-0.4, -0.2) is 26.2 Å². The number of hydrogen-bond acceptors (Lipinski definition) is 3. The molecule has 1 N–H and O–H groups in total. The predicted molar refractivity (Wildman–Crippen MR) is 67.5 cm³/mol. The fraction of sp³-hybridized carbons (Fsp3) is 0.923. The number of unbranched alkanes of at least 4 members (excludes halogenated alkanes) is 6. The lowest BCUT2D eigenvalue weighted by Crippen LogP contribution is -2.17. The van der Waals surface area contributed by atoms with E-state index in [0.29, 0.717) is 13.0 Å². The number of nitrogens with one attached hydrogen (secondary N) is 1. The second-order valence-corrected chi connectivity index (χ2v) is 4.20. The molecular weight excluding hydrogens is 202 g/mol. The van der Waals surface area contributed by atoms with Crippen LogP contribution in [0.1, 0.15) is 58.3 Å². The van der Waals surface area contributed by atoms with Crippen molar-refractivity contribution in [3.8, 4) is 0 Å². The quantitative estimate of drug-likeness (QED) is 0.437. The number of esters is 1. The SMILES string of the molecule is CCCCCCCCCC(=O)OCCNC. The molecule has 0 atom stereocenters. The first-order valence-electron chi connectivity index (χ1n) is 6.61. The highest BCUT2D eigenvalue weighted by Gasteiger charge is 2.01. The van der Waals surface area contributed by atoms with E-state index < -0.39 is 0 Å². The lowest BCUT2D eigenvalue weighted by molar-refractivity contribution is -0.143. The van der Waals surface area contributed by atoms with Crippen molar-refractivity contribution in [1.29, 1.82) is 0 Å². The van der Waals surface area contributed by atoms with Gasteiger partial charge in [0.1, 0.15) is 6.61 Å². The van der Waals surface area contributed by atoms with E-state index in [1.54, 1.807) is 0 Å². The third kappa shape index (κ3) is 11.5. The zero-order valence-electron chi connectivity index (χ0n) is 10.9. The van der Waals surface area contributed by atoms with Crippen molar-refractivity contribution >= 4 is 5.97 Å². The van der Waals surface area contributed by atoms with Gasteiger partial charge in [-0.1, -0.05) is 45.4 Å². The van der Waals surface area contributed by atoms with Gasteiger partial charge in [0, 0.05) is 13.0 Å². The van der Waals surface area contributed by atoms with E-state index in [0.717, 1.165) is 19.4 Å². The highest BCUT2D eigenvalue weighted by atomic mass is 16.5. The van der Waals surface area contributed by atoms with Crippen LogP contribution >= 0.6 is 0 Å². The molecule has 0 fully saturated rings. The summed E-state index contributed by atoms with van der Waals surface area (Å²) >= 11 is 0. The first kappa shape index (κ1) is 15.4. The Hall–Kier alpha value is -0.570. The Labute approximate surface area is 99.9 Å². The largest absolute Gasteiger partial charge is 0.464 e. The lowest BCUT2D eigenvalue weighted by atomic mass is 10.1. The van der Waals surface area contributed by atoms with Crippen LogP contribution in [0.5, 0.6) is 0 Å². The first-order valence-corrected chi connectivity index (χ1v) is 6.61. The van der Waals surface area contributed by atoms with Crippen molar-refractivity contribution in [3.63, 3.8) is 0 Å². The Balaban J connectivity index is 3.09. The third-order valence-corrected chi connectivity index (χ3v) is 2.60. The Bertz CT molecular complexity index is 160. The summed E-state index contributed by atoms with van der Waals surface area (Å²) in [7, 11) is 1.85. The minimum Gasteiger partial charge on any atom is -0.464 e. The molecule has 0 aliphatic heterocycles. The minimum absolute atomic E-state index is 0.0520. The van der Waals surface area contributed by atoms with Gasteiger partial charge in [0.2, 0.25) is 0 Å². The molecule has 16 heavy (non-hydrogen) atoms. The lowest BCUT2D eigenvalue weighted by Gasteiger charge is -2.04. The van der Waals surface area contributed by atoms with Crippen LogP contribution < -0.4 is 5.32 Å². The molecule has 0 aliphatic carbocycles. The zero-order valence-corrected chi connectivity index (χ0v) is 10.9. The summed E-state index contributed by atoms with van der Waals surface area (Å²) in [6.07, 6.45) is 9.24. The van der Waals surface area contributed by atoms with Crippen LogP contribution in [0.4, 0.5) is 0 Å². The Morgan fingerprint density at radius 2 is 1.69 bits per heavy atom. The summed E-state index contributed by atoms with van der Waals surface area (Å²) in [6.45, 7) is 3.45. The smallest absolute Gasteiger partial charge is 0.305 e. The van der Waals surface area contributed by atoms with Crippen molar-refractivity contribution in [2.45, 2.75) is 58.3 Å². The number of likely N-dealkylation sites (N-methyl/N-ethyl adjacent to an activating group) is 1. The molecule has 0 unspecified atom stereocenters. The second kappa shape index (κ2) is 12.5. The normalized spacial score (nSPS) is 10.4. The number of carbonyl (C=O) groups excluding carboxylic acids is 1. The average molecular weight is 229 g/mol. The molecule has 0 amide bonds. The maximum Gasteiger partial charge on any atom is 0.305 e. The van der Waals surface area contributed by atoms with E-state index in [9.17, 15) is 4.79 Å². The van der Waals surface area contributed by atoms with Gasteiger partial charge in [-0.3, -0.25) is 4.79 Å². The Morgan fingerprint density at radius 3 is 2.31 bits per heavy atom. The van der Waals surface area contributed by atoms with Crippen LogP contribution in [0.15, 0.2) is 0 Å². The maximum absolute atomic E-state index is 11.2. The van der Waals surface area contributed by atoms with E-state index in [1.165, 1.54) is 32.1 Å². The molecule has 3 heteroatoms. The summed E-state index contributed by atoms with van der Waals surface area (Å²) in [5.74, 6) is -0.0520. The highest BCUT2D eigenvalue weighted by molar-refractivity contribution is 5.69. The molecule has 0 aromatic heterocycles. The van der Waals surface area contributed by atoms with Gasteiger partial charge < -0.3 is 10.1 Å². The second-order valence-electron chi connectivity index (χ2n) is 4.20. The van der Waals surface area contributed by atoms with Crippen LogP contribution in [0.25, 0.3) is 0 Å². The van der Waals surface area contributed by atoms with Crippen LogP contribution in [0.3, 0.4) is 0 Å². The molecule has 0 bridgehead atoms. The summed E-state index contributed by atoms with van der Waals surface area (Å²) < 4.78 is 5.03. The van der Waals surface area contributed by atoms with Crippen molar-refractivity contribution in [1.82, 2.24) is 5.32 Å². The zero-order chi connectivity index (χ0) is 12.1. The fourth-order valence-electron chi connectivity index (χ4n) is 1.57. The topological polar surface area (TPSA) is 38.3 Å². The number of carbonyl (C=O) groups is 1. The third-order valence-electron chi connectivity index (χ3n) is 2.60. The Kier molecular flexibility index (Phi) is 12.1. The van der Waals surface area contributed by atoms with Gasteiger partial charge in [-0.15, -0.1) is 0 Å². The number of ether oxygens (including phenoxy) is 1. The molecule has 0 spiro atoms. The molecule has 0 aromatic carbocycles. The first-order chi connectivity index (χ1) is 7.81. The standard InChI is InChI=1S/C13H27NO2/c1-3-4-5-6-7-8-9-10-13(15)16-12-11-14-2/h14H,3-12H2,1-2H3. The number of rotatable bonds is 11. The van der Waals surface area contributed by atoms with E-state index >= 15 is 0 Å². The molecule has 0 aliphatic rings. The van der Waals surface area contributed by atoms with Gasteiger partial charge in [0.25, 0.3) is 0 Å². The Morgan fingerprint density at radius 1 is 1.06 bits per heavy atom. The van der Waals surface area contributed by atoms with Gasteiger partial charge >= 0.3 is 5.97 Å². The van der Waals surface area contributed by atoms with Crippen LogP contribution in [0, 0.1) is 0 Å². The highest BCUT2D eigenvalue weighted by Crippen LogP contribution is 2.08. The molecule has 0 saturated carbocycles.